The average molecular weight is 292 g/mol. The Morgan fingerprint density at radius 3 is 2.57 bits per heavy atom. The topological polar surface area (TPSA) is 75.4 Å². The van der Waals surface area contributed by atoms with Crippen LogP contribution >= 0.6 is 0 Å². The molecule has 4 N–H and O–H groups in total. The van der Waals surface area contributed by atoms with E-state index < -0.39 is 0 Å². The fourth-order valence-electron chi connectivity index (χ4n) is 2.53. The average Bonchev–Trinajstić information content (AvgIpc) is 2.43. The summed E-state index contributed by atoms with van der Waals surface area (Å²) in [5, 5.41) is 12.4. The molecular weight excluding hydrogens is 264 g/mol. The number of carbonyl (C=O) groups excluding carboxylic acids is 1. The molecule has 0 aliphatic carbocycles. The third-order valence-electron chi connectivity index (χ3n) is 3.97. The molecule has 0 bridgehead atoms. The van der Waals surface area contributed by atoms with E-state index in [1.807, 2.05) is 13.0 Å². The van der Waals surface area contributed by atoms with Crippen molar-refractivity contribution in [1.29, 1.82) is 0 Å². The van der Waals surface area contributed by atoms with Crippen LogP contribution in [-0.2, 0) is 4.79 Å². The van der Waals surface area contributed by atoms with Gasteiger partial charge in [0.2, 0.25) is 5.91 Å². The monoisotopic (exact) mass is 292 g/mol. The molecule has 2 unspecified atom stereocenters. The number of phenols is 1. The smallest absolute Gasteiger partial charge is 0.220 e. The van der Waals surface area contributed by atoms with Crippen molar-refractivity contribution in [3.63, 3.8) is 0 Å². The molecule has 0 radical (unpaired) electrons. The summed E-state index contributed by atoms with van der Waals surface area (Å²) in [6.45, 7) is 6.94. The van der Waals surface area contributed by atoms with E-state index in [2.05, 4.69) is 19.2 Å². The second-order valence-electron chi connectivity index (χ2n) is 6.00. The molecule has 1 aromatic rings. The maximum absolute atomic E-state index is 12.0. The normalized spacial score (nSPS) is 14.0. The van der Waals surface area contributed by atoms with Crippen LogP contribution in [-0.4, -0.2) is 17.6 Å². The van der Waals surface area contributed by atoms with Crippen molar-refractivity contribution in [2.24, 2.45) is 17.6 Å². The SMILES string of the molecule is CC(NC(=O)CCC(CCN)C(C)C)c1cccc(O)c1. The number of carbonyl (C=O) groups is 1. The first-order valence-electron chi connectivity index (χ1n) is 7.72. The molecule has 4 nitrogen and oxygen atoms in total. The van der Waals surface area contributed by atoms with E-state index in [0.717, 1.165) is 18.4 Å². The lowest BCUT2D eigenvalue weighted by molar-refractivity contribution is -0.122. The first kappa shape index (κ1) is 17.5. The van der Waals surface area contributed by atoms with Gasteiger partial charge in [0, 0.05) is 6.42 Å². The van der Waals surface area contributed by atoms with Crippen LogP contribution in [0.25, 0.3) is 0 Å². The molecule has 0 aliphatic heterocycles. The highest BCUT2D eigenvalue weighted by Crippen LogP contribution is 2.21. The minimum Gasteiger partial charge on any atom is -0.508 e. The van der Waals surface area contributed by atoms with Crippen molar-refractivity contribution in [1.82, 2.24) is 5.32 Å². The van der Waals surface area contributed by atoms with Crippen LogP contribution in [0.1, 0.15) is 51.6 Å². The summed E-state index contributed by atoms with van der Waals surface area (Å²) >= 11 is 0. The fourth-order valence-corrected chi connectivity index (χ4v) is 2.53. The molecule has 1 amide bonds. The summed E-state index contributed by atoms with van der Waals surface area (Å²) in [5.41, 5.74) is 6.53. The van der Waals surface area contributed by atoms with Crippen LogP contribution in [0.4, 0.5) is 0 Å². The highest BCUT2D eigenvalue weighted by atomic mass is 16.3. The van der Waals surface area contributed by atoms with Crippen LogP contribution in [0.2, 0.25) is 0 Å². The third kappa shape index (κ3) is 6.17. The zero-order valence-corrected chi connectivity index (χ0v) is 13.3. The standard InChI is InChI=1S/C17H28N2O2/c1-12(2)14(9-10-18)7-8-17(21)19-13(3)15-5-4-6-16(20)11-15/h4-6,11-14,20H,7-10,18H2,1-3H3,(H,19,21). The van der Waals surface area contributed by atoms with Gasteiger partial charge in [-0.25, -0.2) is 0 Å². The summed E-state index contributed by atoms with van der Waals surface area (Å²) in [6, 6.07) is 6.88. The van der Waals surface area contributed by atoms with Crippen molar-refractivity contribution >= 4 is 5.91 Å². The number of nitrogens with two attached hydrogens (primary N) is 1. The quantitative estimate of drug-likeness (QED) is 0.689. The number of nitrogens with one attached hydrogen (secondary N) is 1. The predicted molar refractivity (Wildman–Crippen MR) is 85.9 cm³/mol. The lowest BCUT2D eigenvalue weighted by Gasteiger charge is -2.20. The van der Waals surface area contributed by atoms with E-state index >= 15 is 0 Å². The largest absolute Gasteiger partial charge is 0.508 e. The predicted octanol–water partition coefficient (Wildman–Crippen LogP) is 2.97. The highest BCUT2D eigenvalue weighted by Gasteiger charge is 2.16. The minimum atomic E-state index is -0.100. The van der Waals surface area contributed by atoms with E-state index in [-0.39, 0.29) is 17.7 Å². The van der Waals surface area contributed by atoms with E-state index in [9.17, 15) is 9.90 Å². The van der Waals surface area contributed by atoms with Gasteiger partial charge in [0.05, 0.1) is 6.04 Å². The molecule has 0 aromatic heterocycles. The van der Waals surface area contributed by atoms with Crippen molar-refractivity contribution in [2.75, 3.05) is 6.54 Å². The number of phenolic OH excluding ortho intramolecular Hbond substituents is 1. The second kappa shape index (κ2) is 8.67. The highest BCUT2D eigenvalue weighted by molar-refractivity contribution is 5.76. The molecule has 0 saturated heterocycles. The van der Waals surface area contributed by atoms with Gasteiger partial charge in [-0.2, -0.15) is 0 Å². The molecule has 0 saturated carbocycles. The zero-order chi connectivity index (χ0) is 15.8. The number of amides is 1. The Labute approximate surface area is 127 Å². The van der Waals surface area contributed by atoms with Crippen LogP contribution in [0.5, 0.6) is 5.75 Å². The fraction of sp³-hybridized carbons (Fsp3) is 0.588. The number of benzene rings is 1. The number of hydrogen-bond donors (Lipinski definition) is 3. The molecule has 1 rings (SSSR count). The molecule has 1 aromatic carbocycles. The Hall–Kier alpha value is -1.55. The van der Waals surface area contributed by atoms with Crippen molar-refractivity contribution in [2.45, 2.75) is 46.1 Å². The molecule has 0 aliphatic rings. The summed E-state index contributed by atoms with van der Waals surface area (Å²) in [5.74, 6) is 1.31. The Morgan fingerprint density at radius 2 is 2.00 bits per heavy atom. The van der Waals surface area contributed by atoms with Crippen LogP contribution in [0.3, 0.4) is 0 Å². The molecule has 2 atom stereocenters. The van der Waals surface area contributed by atoms with Gasteiger partial charge in [-0.05, 0) is 55.8 Å². The van der Waals surface area contributed by atoms with Gasteiger partial charge in [-0.1, -0.05) is 26.0 Å². The molecule has 118 valence electrons. The maximum Gasteiger partial charge on any atom is 0.220 e. The van der Waals surface area contributed by atoms with Gasteiger partial charge in [-0.3, -0.25) is 4.79 Å². The molecular formula is C17H28N2O2. The van der Waals surface area contributed by atoms with Gasteiger partial charge >= 0.3 is 0 Å². The van der Waals surface area contributed by atoms with Gasteiger partial charge in [0.15, 0.2) is 0 Å². The summed E-state index contributed by atoms with van der Waals surface area (Å²) in [6.07, 6.45) is 2.35. The summed E-state index contributed by atoms with van der Waals surface area (Å²) in [4.78, 5) is 12.0. The zero-order valence-electron chi connectivity index (χ0n) is 13.3. The van der Waals surface area contributed by atoms with Gasteiger partial charge < -0.3 is 16.2 Å². The minimum absolute atomic E-state index is 0.0496. The van der Waals surface area contributed by atoms with E-state index in [1.165, 1.54) is 0 Å². The molecule has 4 heteroatoms. The van der Waals surface area contributed by atoms with Crippen LogP contribution in [0.15, 0.2) is 24.3 Å². The maximum atomic E-state index is 12.0. The third-order valence-corrected chi connectivity index (χ3v) is 3.97. The summed E-state index contributed by atoms with van der Waals surface area (Å²) in [7, 11) is 0. The van der Waals surface area contributed by atoms with Crippen LogP contribution in [0, 0.1) is 11.8 Å². The van der Waals surface area contributed by atoms with E-state index in [0.29, 0.717) is 24.8 Å². The van der Waals surface area contributed by atoms with E-state index in [4.69, 9.17) is 5.73 Å². The molecule has 0 spiro atoms. The first-order chi connectivity index (χ1) is 9.93. The van der Waals surface area contributed by atoms with Crippen LogP contribution < -0.4 is 11.1 Å². The molecule has 0 heterocycles. The lowest BCUT2D eigenvalue weighted by atomic mass is 9.88. The number of hydrogen-bond acceptors (Lipinski definition) is 3. The molecule has 0 fully saturated rings. The van der Waals surface area contributed by atoms with Crippen molar-refractivity contribution in [3.05, 3.63) is 29.8 Å². The number of rotatable bonds is 8. The number of aromatic hydroxyl groups is 1. The molecule has 21 heavy (non-hydrogen) atoms. The van der Waals surface area contributed by atoms with E-state index in [1.54, 1.807) is 18.2 Å². The van der Waals surface area contributed by atoms with Crippen molar-refractivity contribution < 1.29 is 9.90 Å². The Balaban J connectivity index is 2.46. The Bertz CT molecular complexity index is 446. The first-order valence-corrected chi connectivity index (χ1v) is 7.72. The van der Waals surface area contributed by atoms with Gasteiger partial charge in [0.1, 0.15) is 5.75 Å². The van der Waals surface area contributed by atoms with Gasteiger partial charge in [-0.15, -0.1) is 0 Å². The Morgan fingerprint density at radius 1 is 1.29 bits per heavy atom. The summed E-state index contributed by atoms with van der Waals surface area (Å²) < 4.78 is 0. The van der Waals surface area contributed by atoms with Crippen molar-refractivity contribution in [3.8, 4) is 5.75 Å². The Kier molecular flexibility index (Phi) is 7.23. The second-order valence-corrected chi connectivity index (χ2v) is 6.00. The van der Waals surface area contributed by atoms with Gasteiger partial charge in [0.25, 0.3) is 0 Å². The lowest BCUT2D eigenvalue weighted by Crippen LogP contribution is -2.27.